The summed E-state index contributed by atoms with van der Waals surface area (Å²) < 4.78 is 0.850. The molecule has 0 aliphatic carbocycles. The Labute approximate surface area is 159 Å². The quantitative estimate of drug-likeness (QED) is 0.444. The molecule has 1 fully saturated rings. The van der Waals surface area contributed by atoms with Crippen LogP contribution in [0.15, 0.2) is 20.4 Å². The minimum Gasteiger partial charge on any atom is -0.351 e. The molecule has 1 aromatic carbocycles. The van der Waals surface area contributed by atoms with E-state index in [1.807, 2.05) is 6.07 Å². The smallest absolute Gasteiger partial charge is 0.214 e. The van der Waals surface area contributed by atoms with Crippen LogP contribution in [0.2, 0.25) is 5.02 Å². The van der Waals surface area contributed by atoms with Gasteiger partial charge in [0, 0.05) is 55.5 Å². The summed E-state index contributed by atoms with van der Waals surface area (Å²) in [4.78, 5) is 21.3. The molecule has 130 valence electrons. The first-order valence-electron chi connectivity index (χ1n) is 7.89. The van der Waals surface area contributed by atoms with Crippen molar-refractivity contribution in [1.82, 2.24) is 10.2 Å². The lowest BCUT2D eigenvalue weighted by Gasteiger charge is -2.38. The number of thioether (sulfide) groups is 1. The van der Waals surface area contributed by atoms with E-state index < -0.39 is 0 Å². The van der Waals surface area contributed by atoms with Crippen molar-refractivity contribution < 1.29 is 4.79 Å². The first kappa shape index (κ1) is 18.0. The molecule has 1 amide bonds. The Kier molecular flexibility index (Phi) is 5.74. The number of nitrogens with one attached hydrogen (secondary N) is 1. The SMILES string of the molecule is CN=C(c1cc(Cl)c(Br)c2c1N(C=O)CCS2)N1CCNCC1C. The summed E-state index contributed by atoms with van der Waals surface area (Å²) in [6.07, 6.45) is 0.900. The predicted molar refractivity (Wildman–Crippen MR) is 105 cm³/mol. The number of halogens is 2. The van der Waals surface area contributed by atoms with Crippen molar-refractivity contribution in [3.63, 3.8) is 0 Å². The lowest BCUT2D eigenvalue weighted by Crippen LogP contribution is -2.52. The Hall–Kier alpha value is -0.760. The molecule has 3 rings (SSSR count). The van der Waals surface area contributed by atoms with E-state index in [9.17, 15) is 4.79 Å². The van der Waals surface area contributed by atoms with Gasteiger partial charge in [-0.05, 0) is 28.9 Å². The molecule has 0 aromatic heterocycles. The number of hydrogen-bond acceptors (Lipinski definition) is 4. The number of carbonyl (C=O) groups is 1. The number of benzene rings is 1. The molecule has 0 saturated carbocycles. The van der Waals surface area contributed by atoms with Gasteiger partial charge in [0.15, 0.2) is 0 Å². The zero-order valence-corrected chi connectivity index (χ0v) is 16.8. The summed E-state index contributed by atoms with van der Waals surface area (Å²) in [5.74, 6) is 1.75. The first-order chi connectivity index (χ1) is 11.6. The van der Waals surface area contributed by atoms with E-state index in [1.54, 1.807) is 23.7 Å². The number of rotatable bonds is 2. The van der Waals surface area contributed by atoms with Gasteiger partial charge in [0.05, 0.1) is 15.2 Å². The summed E-state index contributed by atoms with van der Waals surface area (Å²) in [5, 5.41) is 4.04. The minimum atomic E-state index is 0.330. The normalized spacial score (nSPS) is 21.7. The second-order valence-electron chi connectivity index (χ2n) is 5.84. The molecule has 2 heterocycles. The fourth-order valence-electron chi connectivity index (χ4n) is 3.20. The van der Waals surface area contributed by atoms with Gasteiger partial charge in [0.25, 0.3) is 0 Å². The second kappa shape index (κ2) is 7.64. The van der Waals surface area contributed by atoms with Crippen LogP contribution in [0.5, 0.6) is 0 Å². The van der Waals surface area contributed by atoms with Crippen LogP contribution in [0.4, 0.5) is 5.69 Å². The topological polar surface area (TPSA) is 47.9 Å². The van der Waals surface area contributed by atoms with Crippen LogP contribution in [0.25, 0.3) is 0 Å². The highest BCUT2D eigenvalue weighted by Crippen LogP contribution is 2.45. The highest BCUT2D eigenvalue weighted by molar-refractivity contribution is 9.10. The van der Waals surface area contributed by atoms with Gasteiger partial charge in [-0.25, -0.2) is 0 Å². The van der Waals surface area contributed by atoms with Gasteiger partial charge in [-0.3, -0.25) is 9.79 Å². The third-order valence-corrected chi connectivity index (χ3v) is 7.05. The summed E-state index contributed by atoms with van der Waals surface area (Å²) >= 11 is 11.8. The van der Waals surface area contributed by atoms with E-state index in [2.05, 4.69) is 38.1 Å². The van der Waals surface area contributed by atoms with Crippen LogP contribution in [0.1, 0.15) is 12.5 Å². The van der Waals surface area contributed by atoms with Crippen LogP contribution in [-0.2, 0) is 4.79 Å². The molecule has 0 spiro atoms. The molecule has 2 aliphatic rings. The maximum atomic E-state index is 11.6. The van der Waals surface area contributed by atoms with E-state index in [0.29, 0.717) is 17.6 Å². The van der Waals surface area contributed by atoms with Gasteiger partial charge in [-0.15, -0.1) is 11.8 Å². The maximum Gasteiger partial charge on any atom is 0.214 e. The van der Waals surface area contributed by atoms with Gasteiger partial charge in [-0.1, -0.05) is 11.6 Å². The van der Waals surface area contributed by atoms with Crippen LogP contribution < -0.4 is 10.2 Å². The summed E-state index contributed by atoms with van der Waals surface area (Å²) in [5.41, 5.74) is 1.83. The van der Waals surface area contributed by atoms with Crippen LogP contribution in [0.3, 0.4) is 0 Å². The van der Waals surface area contributed by atoms with E-state index in [0.717, 1.165) is 58.3 Å². The number of aliphatic imine (C=N–C) groups is 1. The summed E-state index contributed by atoms with van der Waals surface area (Å²) in [6, 6.07) is 2.25. The summed E-state index contributed by atoms with van der Waals surface area (Å²) in [7, 11) is 1.80. The molecule has 0 bridgehead atoms. The Morgan fingerprint density at radius 3 is 3.00 bits per heavy atom. The molecule has 8 heteroatoms. The lowest BCUT2D eigenvalue weighted by atomic mass is 10.1. The van der Waals surface area contributed by atoms with Gasteiger partial charge in [0.1, 0.15) is 5.84 Å². The molecule has 24 heavy (non-hydrogen) atoms. The second-order valence-corrected chi connectivity index (χ2v) is 8.14. The standard InChI is InChI=1S/C16H20BrClN4OS/c1-10-8-20-3-4-22(10)16(19-2)11-7-12(18)13(17)15-14(11)21(9-23)5-6-24-15/h7,9-10,20H,3-6,8H2,1-2H3. The molecular weight excluding hydrogens is 412 g/mol. The third kappa shape index (κ3) is 3.19. The summed E-state index contributed by atoms with van der Waals surface area (Å²) in [6.45, 7) is 5.58. The number of nitrogens with zero attached hydrogens (tertiary/aromatic N) is 3. The Balaban J connectivity index is 2.15. The van der Waals surface area contributed by atoms with Gasteiger partial charge in [0.2, 0.25) is 6.41 Å². The first-order valence-corrected chi connectivity index (χ1v) is 10.0. The number of piperazine rings is 1. The van der Waals surface area contributed by atoms with Crippen molar-refractivity contribution in [2.45, 2.75) is 17.9 Å². The number of carbonyl (C=O) groups excluding carboxylic acids is 1. The number of fused-ring (bicyclic) bond motifs is 1. The van der Waals surface area contributed by atoms with E-state index >= 15 is 0 Å². The lowest BCUT2D eigenvalue weighted by molar-refractivity contribution is -0.107. The average Bonchev–Trinajstić information content (AvgIpc) is 2.60. The molecule has 1 aromatic rings. The number of hydrogen-bond donors (Lipinski definition) is 1. The van der Waals surface area contributed by atoms with E-state index in [1.165, 1.54) is 0 Å². The maximum absolute atomic E-state index is 11.6. The molecule has 1 atom stereocenters. The average molecular weight is 432 g/mol. The molecule has 2 aliphatic heterocycles. The van der Waals surface area contributed by atoms with Crippen LogP contribution in [0, 0.1) is 0 Å². The van der Waals surface area contributed by atoms with Crippen molar-refractivity contribution in [2.24, 2.45) is 4.99 Å². The molecule has 0 radical (unpaired) electrons. The number of amides is 1. The fraction of sp³-hybridized carbons (Fsp3) is 0.500. The minimum absolute atomic E-state index is 0.330. The Morgan fingerprint density at radius 1 is 1.54 bits per heavy atom. The molecule has 1 saturated heterocycles. The fourth-order valence-corrected chi connectivity index (χ4v) is 5.20. The zero-order valence-electron chi connectivity index (χ0n) is 13.7. The van der Waals surface area contributed by atoms with E-state index in [4.69, 9.17) is 11.6 Å². The molecular formula is C16H20BrClN4OS. The molecule has 1 N–H and O–H groups in total. The predicted octanol–water partition coefficient (Wildman–Crippen LogP) is 2.84. The van der Waals surface area contributed by atoms with Crippen LogP contribution >= 0.6 is 39.3 Å². The number of anilines is 1. The van der Waals surface area contributed by atoms with Gasteiger partial charge >= 0.3 is 0 Å². The van der Waals surface area contributed by atoms with Gasteiger partial charge in [-0.2, -0.15) is 0 Å². The Morgan fingerprint density at radius 2 is 2.33 bits per heavy atom. The third-order valence-electron chi connectivity index (χ3n) is 4.37. The highest BCUT2D eigenvalue weighted by atomic mass is 79.9. The Bertz CT molecular complexity index is 685. The van der Waals surface area contributed by atoms with Gasteiger partial charge < -0.3 is 15.1 Å². The van der Waals surface area contributed by atoms with Crippen molar-refractivity contribution in [1.29, 1.82) is 0 Å². The van der Waals surface area contributed by atoms with Crippen molar-refractivity contribution in [3.05, 3.63) is 21.1 Å². The van der Waals surface area contributed by atoms with Crippen molar-refractivity contribution in [3.8, 4) is 0 Å². The highest BCUT2D eigenvalue weighted by Gasteiger charge is 2.30. The monoisotopic (exact) mass is 430 g/mol. The van der Waals surface area contributed by atoms with Crippen LogP contribution in [-0.4, -0.2) is 62.2 Å². The van der Waals surface area contributed by atoms with Crippen molar-refractivity contribution >= 4 is 57.2 Å². The largest absolute Gasteiger partial charge is 0.351 e. The molecule has 5 nitrogen and oxygen atoms in total. The van der Waals surface area contributed by atoms with E-state index in [-0.39, 0.29) is 0 Å². The number of amidine groups is 1. The van der Waals surface area contributed by atoms with Crippen molar-refractivity contribution in [2.75, 3.05) is 43.9 Å². The molecule has 1 unspecified atom stereocenters. The zero-order chi connectivity index (χ0) is 17.3.